The Morgan fingerprint density at radius 3 is 1.93 bits per heavy atom. The van der Waals surface area contributed by atoms with Gasteiger partial charge < -0.3 is 5.32 Å². The lowest BCUT2D eigenvalue weighted by molar-refractivity contribution is 0.536. The van der Waals surface area contributed by atoms with Crippen molar-refractivity contribution in [1.82, 2.24) is 5.32 Å². The highest BCUT2D eigenvalue weighted by Crippen LogP contribution is 2.14. The summed E-state index contributed by atoms with van der Waals surface area (Å²) in [5.41, 5.74) is 0. The predicted octanol–water partition coefficient (Wildman–Crippen LogP) is 2.17. The van der Waals surface area contributed by atoms with Crippen molar-refractivity contribution in [2.45, 2.75) is 58.1 Å². The monoisotopic (exact) mass is 219 g/mol. The van der Waals surface area contributed by atoms with Gasteiger partial charge in [-0.15, -0.1) is 0 Å². The van der Waals surface area contributed by atoms with E-state index in [2.05, 4.69) is 46.9 Å². The SMILES string of the molecule is CCNC(C)C(C)S(=O)C(C)C(C)C. The van der Waals surface area contributed by atoms with Gasteiger partial charge in [0.2, 0.25) is 0 Å². The molecule has 0 radical (unpaired) electrons. The minimum absolute atomic E-state index is 0.229. The lowest BCUT2D eigenvalue weighted by Crippen LogP contribution is -2.41. The molecule has 0 rings (SSSR count). The van der Waals surface area contributed by atoms with Crippen LogP contribution in [0.1, 0.15) is 41.5 Å². The molecule has 0 amide bonds. The second-order valence-electron chi connectivity index (χ2n) is 4.33. The molecule has 2 nitrogen and oxygen atoms in total. The molecule has 86 valence electrons. The molecule has 0 fully saturated rings. The van der Waals surface area contributed by atoms with Gasteiger partial charge >= 0.3 is 0 Å². The summed E-state index contributed by atoms with van der Waals surface area (Å²) in [5, 5.41) is 3.84. The standard InChI is InChI=1S/C11H25NOS/c1-7-12-9(4)11(6)14(13)10(5)8(2)3/h8-12H,7H2,1-6H3. The van der Waals surface area contributed by atoms with Crippen LogP contribution in [0.5, 0.6) is 0 Å². The van der Waals surface area contributed by atoms with E-state index in [9.17, 15) is 4.21 Å². The van der Waals surface area contributed by atoms with Crippen molar-refractivity contribution in [3.63, 3.8) is 0 Å². The largest absolute Gasteiger partial charge is 0.313 e. The van der Waals surface area contributed by atoms with Gasteiger partial charge in [0.25, 0.3) is 0 Å². The molecule has 0 aromatic rings. The third-order valence-electron chi connectivity index (χ3n) is 2.90. The molecule has 0 heterocycles. The second-order valence-corrected chi connectivity index (χ2v) is 6.47. The van der Waals surface area contributed by atoms with Crippen LogP contribution in [0.2, 0.25) is 0 Å². The second kappa shape index (κ2) is 6.57. The quantitative estimate of drug-likeness (QED) is 0.742. The number of hydrogen-bond donors (Lipinski definition) is 1. The van der Waals surface area contributed by atoms with E-state index < -0.39 is 10.8 Å². The van der Waals surface area contributed by atoms with E-state index in [1.54, 1.807) is 0 Å². The predicted molar refractivity (Wildman–Crippen MR) is 65.0 cm³/mol. The fourth-order valence-electron chi connectivity index (χ4n) is 1.30. The smallest absolute Gasteiger partial charge is 0.0473 e. The Bertz CT molecular complexity index is 182. The Hall–Kier alpha value is 0.110. The first-order chi connectivity index (χ1) is 6.41. The van der Waals surface area contributed by atoms with Crippen LogP contribution in [0.15, 0.2) is 0 Å². The molecule has 0 bridgehead atoms. The molecule has 4 unspecified atom stereocenters. The summed E-state index contributed by atoms with van der Waals surface area (Å²) < 4.78 is 12.1. The van der Waals surface area contributed by atoms with Gasteiger partial charge in [-0.3, -0.25) is 4.21 Å². The fraction of sp³-hybridized carbons (Fsp3) is 1.00. The highest BCUT2D eigenvalue weighted by atomic mass is 32.2. The van der Waals surface area contributed by atoms with E-state index in [4.69, 9.17) is 0 Å². The van der Waals surface area contributed by atoms with Crippen molar-refractivity contribution in [2.75, 3.05) is 6.54 Å². The Kier molecular flexibility index (Phi) is 6.62. The van der Waals surface area contributed by atoms with Crippen molar-refractivity contribution >= 4 is 10.8 Å². The summed E-state index contributed by atoms with van der Waals surface area (Å²) in [6.45, 7) is 13.6. The summed E-state index contributed by atoms with van der Waals surface area (Å²) in [6, 6.07) is 0.335. The summed E-state index contributed by atoms with van der Waals surface area (Å²) in [6.07, 6.45) is 0. The summed E-state index contributed by atoms with van der Waals surface area (Å²) in [5.74, 6) is 0.493. The van der Waals surface area contributed by atoms with E-state index >= 15 is 0 Å². The number of rotatable bonds is 6. The van der Waals surface area contributed by atoms with E-state index in [0.29, 0.717) is 12.0 Å². The third kappa shape index (κ3) is 4.09. The zero-order chi connectivity index (χ0) is 11.3. The van der Waals surface area contributed by atoms with Gasteiger partial charge in [-0.2, -0.15) is 0 Å². The van der Waals surface area contributed by atoms with Gasteiger partial charge in [-0.1, -0.05) is 27.7 Å². The fourth-order valence-corrected chi connectivity index (χ4v) is 3.01. The number of nitrogens with one attached hydrogen (secondary N) is 1. The average Bonchev–Trinajstić information content (AvgIpc) is 2.14. The highest BCUT2D eigenvalue weighted by Gasteiger charge is 2.24. The molecule has 14 heavy (non-hydrogen) atoms. The molecule has 0 aliphatic carbocycles. The molecule has 0 aliphatic rings. The van der Waals surface area contributed by atoms with Crippen LogP contribution in [0.25, 0.3) is 0 Å². The summed E-state index contributed by atoms with van der Waals surface area (Å²) >= 11 is 0. The summed E-state index contributed by atoms with van der Waals surface area (Å²) in [7, 11) is -0.734. The first kappa shape index (κ1) is 14.1. The maximum atomic E-state index is 12.1. The first-order valence-corrected chi connectivity index (χ1v) is 6.82. The van der Waals surface area contributed by atoms with Crippen LogP contribution < -0.4 is 5.32 Å². The van der Waals surface area contributed by atoms with Crippen LogP contribution >= 0.6 is 0 Å². The highest BCUT2D eigenvalue weighted by molar-refractivity contribution is 7.86. The Morgan fingerprint density at radius 1 is 1.07 bits per heavy atom. The van der Waals surface area contributed by atoms with Gasteiger partial charge in [0.05, 0.1) is 0 Å². The van der Waals surface area contributed by atoms with Crippen LogP contribution in [0.3, 0.4) is 0 Å². The van der Waals surface area contributed by atoms with Crippen molar-refractivity contribution < 1.29 is 4.21 Å². The first-order valence-electron chi connectivity index (χ1n) is 5.54. The van der Waals surface area contributed by atoms with Crippen LogP contribution in [0, 0.1) is 5.92 Å². The molecule has 1 N–H and O–H groups in total. The van der Waals surface area contributed by atoms with Crippen molar-refractivity contribution in [3.05, 3.63) is 0 Å². The lowest BCUT2D eigenvalue weighted by atomic mass is 10.2. The van der Waals surface area contributed by atoms with Crippen molar-refractivity contribution in [3.8, 4) is 0 Å². The van der Waals surface area contributed by atoms with Gasteiger partial charge in [0.15, 0.2) is 0 Å². The van der Waals surface area contributed by atoms with Gasteiger partial charge in [0.1, 0.15) is 0 Å². The molecule has 3 heteroatoms. The lowest BCUT2D eigenvalue weighted by Gasteiger charge is -2.25. The molecule has 0 aliphatic heterocycles. The molecule has 0 saturated carbocycles. The van der Waals surface area contributed by atoms with Crippen LogP contribution in [-0.2, 0) is 10.8 Å². The zero-order valence-electron chi connectivity index (χ0n) is 10.3. The van der Waals surface area contributed by atoms with Crippen LogP contribution in [-0.4, -0.2) is 27.3 Å². The van der Waals surface area contributed by atoms with Gasteiger partial charge in [0, 0.05) is 27.3 Å². The molecule has 0 saturated heterocycles. The van der Waals surface area contributed by atoms with Gasteiger partial charge in [-0.05, 0) is 26.3 Å². The Labute approximate surface area is 91.3 Å². The van der Waals surface area contributed by atoms with Crippen LogP contribution in [0.4, 0.5) is 0 Å². The normalized spacial score (nSPS) is 20.5. The van der Waals surface area contributed by atoms with Crippen molar-refractivity contribution in [2.24, 2.45) is 5.92 Å². The van der Waals surface area contributed by atoms with E-state index in [1.165, 1.54) is 0 Å². The minimum atomic E-state index is -0.734. The zero-order valence-corrected chi connectivity index (χ0v) is 11.1. The van der Waals surface area contributed by atoms with E-state index in [-0.39, 0.29) is 10.5 Å². The number of hydrogen-bond acceptors (Lipinski definition) is 2. The molecule has 0 aromatic heterocycles. The molecule has 0 spiro atoms. The average molecular weight is 219 g/mol. The third-order valence-corrected chi connectivity index (χ3v) is 5.32. The topological polar surface area (TPSA) is 29.1 Å². The Morgan fingerprint density at radius 2 is 1.57 bits per heavy atom. The maximum Gasteiger partial charge on any atom is 0.0473 e. The molecular weight excluding hydrogens is 194 g/mol. The van der Waals surface area contributed by atoms with Crippen molar-refractivity contribution in [1.29, 1.82) is 0 Å². The molecule has 4 atom stereocenters. The van der Waals surface area contributed by atoms with E-state index in [1.807, 2.05) is 0 Å². The maximum absolute atomic E-state index is 12.1. The van der Waals surface area contributed by atoms with E-state index in [0.717, 1.165) is 6.54 Å². The Balaban J connectivity index is 4.23. The summed E-state index contributed by atoms with van der Waals surface area (Å²) in [4.78, 5) is 0. The van der Waals surface area contributed by atoms with Gasteiger partial charge in [-0.25, -0.2) is 0 Å². The molecule has 0 aromatic carbocycles. The molecular formula is C11H25NOS. The minimum Gasteiger partial charge on any atom is -0.313 e.